The molecule has 6 nitrogen and oxygen atoms in total. The first-order chi connectivity index (χ1) is 8.58. The number of urea groups is 1. The van der Waals surface area contributed by atoms with Crippen molar-refractivity contribution in [3.8, 4) is 0 Å². The molecule has 0 bridgehead atoms. The average Bonchev–Trinajstić information content (AvgIpc) is 2.37. The second-order valence-electron chi connectivity index (χ2n) is 4.76. The summed E-state index contributed by atoms with van der Waals surface area (Å²) in [4.78, 5) is 25.1. The van der Waals surface area contributed by atoms with Crippen molar-refractivity contribution in [3.63, 3.8) is 0 Å². The Hall–Kier alpha value is -1.30. The normalized spacial score (nSPS) is 21.4. The summed E-state index contributed by atoms with van der Waals surface area (Å²) in [5, 5.41) is 5.73. The molecule has 1 aliphatic rings. The van der Waals surface area contributed by atoms with Crippen molar-refractivity contribution < 1.29 is 9.59 Å². The van der Waals surface area contributed by atoms with Crippen LogP contribution in [-0.2, 0) is 4.79 Å². The Bertz CT molecular complexity index is 296. The Morgan fingerprint density at radius 2 is 2.22 bits per heavy atom. The maximum atomic E-state index is 12.3. The standard InChI is InChI=1S/C12H24N4O2/c1-3-5-10(15-12(13)18)11(17)16-7-4-6-9(8-16)14-2/h9-10,14H,3-8H2,1-2H3,(H3,13,15,18)/t9?,10-/m1/s1. The summed E-state index contributed by atoms with van der Waals surface area (Å²) in [6.45, 7) is 3.45. The van der Waals surface area contributed by atoms with Gasteiger partial charge in [-0.15, -0.1) is 0 Å². The number of nitrogens with one attached hydrogen (secondary N) is 2. The van der Waals surface area contributed by atoms with E-state index in [1.165, 1.54) is 0 Å². The van der Waals surface area contributed by atoms with Crippen LogP contribution in [0.15, 0.2) is 0 Å². The van der Waals surface area contributed by atoms with Gasteiger partial charge in [0.15, 0.2) is 0 Å². The highest BCUT2D eigenvalue weighted by Crippen LogP contribution is 2.12. The molecule has 3 amide bonds. The quantitative estimate of drug-likeness (QED) is 0.648. The van der Waals surface area contributed by atoms with E-state index in [0.717, 1.165) is 25.8 Å². The predicted molar refractivity (Wildman–Crippen MR) is 70.1 cm³/mol. The first kappa shape index (κ1) is 14.8. The minimum absolute atomic E-state index is 0.0180. The highest BCUT2D eigenvalue weighted by molar-refractivity contribution is 5.86. The van der Waals surface area contributed by atoms with Gasteiger partial charge in [-0.3, -0.25) is 4.79 Å². The fourth-order valence-corrected chi connectivity index (χ4v) is 2.35. The third-order valence-corrected chi connectivity index (χ3v) is 3.33. The highest BCUT2D eigenvalue weighted by Gasteiger charge is 2.28. The smallest absolute Gasteiger partial charge is 0.312 e. The molecule has 0 saturated carbocycles. The molecule has 0 aromatic carbocycles. The molecule has 1 unspecified atom stereocenters. The molecule has 1 aliphatic heterocycles. The summed E-state index contributed by atoms with van der Waals surface area (Å²) >= 11 is 0. The first-order valence-corrected chi connectivity index (χ1v) is 6.60. The first-order valence-electron chi connectivity index (χ1n) is 6.60. The summed E-state index contributed by atoms with van der Waals surface area (Å²) in [7, 11) is 1.91. The zero-order valence-electron chi connectivity index (χ0n) is 11.2. The van der Waals surface area contributed by atoms with Crippen LogP contribution in [0.25, 0.3) is 0 Å². The van der Waals surface area contributed by atoms with Gasteiger partial charge >= 0.3 is 6.03 Å². The van der Waals surface area contributed by atoms with Gasteiger partial charge in [0.25, 0.3) is 0 Å². The van der Waals surface area contributed by atoms with E-state index in [1.54, 1.807) is 0 Å². The number of likely N-dealkylation sites (tertiary alicyclic amines) is 1. The predicted octanol–water partition coefficient (Wildman–Crippen LogP) is 0.0338. The summed E-state index contributed by atoms with van der Waals surface area (Å²) in [5.74, 6) is -0.0180. The number of hydrogen-bond acceptors (Lipinski definition) is 3. The van der Waals surface area contributed by atoms with Crippen molar-refractivity contribution in [1.82, 2.24) is 15.5 Å². The maximum absolute atomic E-state index is 12.3. The number of primary amides is 1. The van der Waals surface area contributed by atoms with E-state index in [4.69, 9.17) is 5.73 Å². The highest BCUT2D eigenvalue weighted by atomic mass is 16.2. The van der Waals surface area contributed by atoms with E-state index in [-0.39, 0.29) is 5.91 Å². The number of hydrogen-bond donors (Lipinski definition) is 3. The van der Waals surface area contributed by atoms with Gasteiger partial charge in [-0.1, -0.05) is 13.3 Å². The zero-order chi connectivity index (χ0) is 13.5. The summed E-state index contributed by atoms with van der Waals surface area (Å²) in [6.07, 6.45) is 3.54. The maximum Gasteiger partial charge on any atom is 0.312 e. The van der Waals surface area contributed by atoms with Crippen LogP contribution < -0.4 is 16.4 Å². The van der Waals surface area contributed by atoms with E-state index in [2.05, 4.69) is 10.6 Å². The van der Waals surface area contributed by atoms with Crippen LogP contribution in [0.4, 0.5) is 4.79 Å². The number of nitrogens with two attached hydrogens (primary N) is 1. The fourth-order valence-electron chi connectivity index (χ4n) is 2.35. The number of carbonyl (C=O) groups is 2. The minimum atomic E-state index is -0.635. The van der Waals surface area contributed by atoms with Crippen LogP contribution in [0.1, 0.15) is 32.6 Å². The molecule has 1 heterocycles. The number of piperidine rings is 1. The molecule has 0 aromatic heterocycles. The molecule has 4 N–H and O–H groups in total. The summed E-state index contributed by atoms with van der Waals surface area (Å²) in [6, 6.07) is -0.773. The largest absolute Gasteiger partial charge is 0.352 e. The summed E-state index contributed by atoms with van der Waals surface area (Å²) < 4.78 is 0. The molecule has 104 valence electrons. The Morgan fingerprint density at radius 3 is 2.78 bits per heavy atom. The average molecular weight is 256 g/mol. The molecule has 2 atom stereocenters. The van der Waals surface area contributed by atoms with Gasteiger partial charge in [0.05, 0.1) is 0 Å². The van der Waals surface area contributed by atoms with Crippen molar-refractivity contribution in [2.75, 3.05) is 20.1 Å². The molecule has 1 rings (SSSR count). The SMILES string of the molecule is CCC[C@@H](NC(N)=O)C(=O)N1CCCC(NC)C1. The Balaban J connectivity index is 2.60. The molecule has 0 radical (unpaired) electrons. The number of carbonyl (C=O) groups excluding carboxylic acids is 2. The fraction of sp³-hybridized carbons (Fsp3) is 0.833. The van der Waals surface area contributed by atoms with Crippen LogP contribution in [0, 0.1) is 0 Å². The molecule has 0 aromatic rings. The van der Waals surface area contributed by atoms with Crippen LogP contribution >= 0.6 is 0 Å². The van der Waals surface area contributed by atoms with Gasteiger partial charge in [0, 0.05) is 19.1 Å². The van der Waals surface area contributed by atoms with Gasteiger partial charge < -0.3 is 21.3 Å². The van der Waals surface area contributed by atoms with Crippen molar-refractivity contribution in [2.45, 2.75) is 44.7 Å². The van der Waals surface area contributed by atoms with E-state index in [1.807, 2.05) is 18.9 Å². The second kappa shape index (κ2) is 7.20. The van der Waals surface area contributed by atoms with Crippen LogP contribution in [-0.4, -0.2) is 49.1 Å². The number of amides is 3. The number of rotatable bonds is 5. The molecule has 1 fully saturated rings. The molecular formula is C12H24N4O2. The lowest BCUT2D eigenvalue weighted by atomic mass is 10.0. The van der Waals surface area contributed by atoms with Gasteiger partial charge in [-0.05, 0) is 26.3 Å². The van der Waals surface area contributed by atoms with Crippen molar-refractivity contribution in [3.05, 3.63) is 0 Å². The lowest BCUT2D eigenvalue weighted by Crippen LogP contribution is -2.54. The molecule has 6 heteroatoms. The van der Waals surface area contributed by atoms with Gasteiger partial charge in [0.2, 0.25) is 5.91 Å². The van der Waals surface area contributed by atoms with Gasteiger partial charge in [-0.25, -0.2) is 4.79 Å². The topological polar surface area (TPSA) is 87.5 Å². The summed E-state index contributed by atoms with van der Waals surface area (Å²) in [5.41, 5.74) is 5.11. The third kappa shape index (κ3) is 4.18. The lowest BCUT2D eigenvalue weighted by Gasteiger charge is -2.34. The number of nitrogens with zero attached hydrogens (tertiary/aromatic N) is 1. The monoisotopic (exact) mass is 256 g/mol. The van der Waals surface area contributed by atoms with Crippen molar-refractivity contribution >= 4 is 11.9 Å². The van der Waals surface area contributed by atoms with Gasteiger partial charge in [0.1, 0.15) is 6.04 Å². The minimum Gasteiger partial charge on any atom is -0.352 e. The molecule has 0 aliphatic carbocycles. The Kier molecular flexibility index (Phi) is 5.91. The van der Waals surface area contributed by atoms with Crippen molar-refractivity contribution in [1.29, 1.82) is 0 Å². The number of likely N-dealkylation sites (N-methyl/N-ethyl adjacent to an activating group) is 1. The molecule has 18 heavy (non-hydrogen) atoms. The van der Waals surface area contributed by atoms with Crippen LogP contribution in [0.5, 0.6) is 0 Å². The lowest BCUT2D eigenvalue weighted by molar-refractivity contribution is -0.134. The van der Waals surface area contributed by atoms with Crippen LogP contribution in [0.2, 0.25) is 0 Å². The van der Waals surface area contributed by atoms with E-state index >= 15 is 0 Å². The van der Waals surface area contributed by atoms with Gasteiger partial charge in [-0.2, -0.15) is 0 Å². The van der Waals surface area contributed by atoms with E-state index in [0.29, 0.717) is 19.0 Å². The van der Waals surface area contributed by atoms with Crippen LogP contribution in [0.3, 0.4) is 0 Å². The Labute approximate surface area is 108 Å². The van der Waals surface area contributed by atoms with E-state index in [9.17, 15) is 9.59 Å². The molecular weight excluding hydrogens is 232 g/mol. The molecule has 1 saturated heterocycles. The molecule has 0 spiro atoms. The van der Waals surface area contributed by atoms with E-state index < -0.39 is 12.1 Å². The van der Waals surface area contributed by atoms with Crippen molar-refractivity contribution in [2.24, 2.45) is 5.73 Å². The Morgan fingerprint density at radius 1 is 1.50 bits per heavy atom. The second-order valence-corrected chi connectivity index (χ2v) is 4.76. The zero-order valence-corrected chi connectivity index (χ0v) is 11.2. The third-order valence-electron chi connectivity index (χ3n) is 3.33.